The van der Waals surface area contributed by atoms with Gasteiger partial charge in [0.1, 0.15) is 12.7 Å². The van der Waals surface area contributed by atoms with E-state index in [-0.39, 0.29) is 12.0 Å². The molecule has 0 aliphatic carbocycles. The number of benzene rings is 2. The first-order valence-corrected chi connectivity index (χ1v) is 7.53. The summed E-state index contributed by atoms with van der Waals surface area (Å²) in [5.74, 6) is 1.39. The maximum atomic E-state index is 12.0. The molecule has 1 aliphatic heterocycles. The van der Waals surface area contributed by atoms with Gasteiger partial charge in [-0.25, -0.2) is 0 Å². The number of halogens is 1. The van der Waals surface area contributed by atoms with E-state index < -0.39 is 0 Å². The molecule has 0 radical (unpaired) electrons. The third kappa shape index (κ3) is 3.52. The van der Waals surface area contributed by atoms with Crippen molar-refractivity contribution in [2.24, 2.45) is 0 Å². The maximum absolute atomic E-state index is 12.0. The Balaban J connectivity index is 1.51. The van der Waals surface area contributed by atoms with Crippen LogP contribution in [0.5, 0.6) is 11.5 Å². The monoisotopic (exact) mass is 317 g/mol. The van der Waals surface area contributed by atoms with Crippen molar-refractivity contribution in [3.8, 4) is 11.5 Å². The van der Waals surface area contributed by atoms with E-state index in [2.05, 4.69) is 5.32 Å². The molecule has 0 saturated carbocycles. The normalized spacial score (nSPS) is 16.1. The summed E-state index contributed by atoms with van der Waals surface area (Å²) < 4.78 is 11.5. The summed E-state index contributed by atoms with van der Waals surface area (Å²) in [4.78, 5) is 12.0. The molecule has 0 spiro atoms. The molecule has 114 valence electrons. The van der Waals surface area contributed by atoms with Crippen molar-refractivity contribution in [3.05, 3.63) is 53.6 Å². The molecule has 0 saturated heterocycles. The molecule has 1 heterocycles. The van der Waals surface area contributed by atoms with Crippen LogP contribution in [0.1, 0.15) is 12.8 Å². The molecule has 5 heteroatoms. The molecule has 22 heavy (non-hydrogen) atoms. The lowest BCUT2D eigenvalue weighted by Gasteiger charge is -2.26. The fourth-order valence-corrected chi connectivity index (χ4v) is 2.46. The molecule has 0 aromatic heterocycles. The molecule has 0 fully saturated rings. The number of hydrogen-bond acceptors (Lipinski definition) is 3. The Morgan fingerprint density at radius 2 is 1.86 bits per heavy atom. The second kappa shape index (κ2) is 6.71. The minimum Gasteiger partial charge on any atom is -0.486 e. The summed E-state index contributed by atoms with van der Waals surface area (Å²) >= 11 is 6.01. The van der Waals surface area contributed by atoms with E-state index in [1.54, 1.807) is 12.1 Å². The number of fused-ring (bicyclic) bond motifs is 1. The van der Waals surface area contributed by atoms with Crippen molar-refractivity contribution >= 4 is 23.2 Å². The molecule has 0 unspecified atom stereocenters. The number of rotatable bonds is 4. The van der Waals surface area contributed by atoms with Crippen molar-refractivity contribution in [1.82, 2.24) is 0 Å². The SMILES string of the molecule is O=C(CC[C@H]1COc2ccccc2O1)Nc1ccccc1Cl. The summed E-state index contributed by atoms with van der Waals surface area (Å²) in [6, 6.07) is 14.7. The highest BCUT2D eigenvalue weighted by Crippen LogP contribution is 2.31. The van der Waals surface area contributed by atoms with Gasteiger partial charge in [-0.15, -0.1) is 0 Å². The number of hydrogen-bond donors (Lipinski definition) is 1. The Bertz CT molecular complexity index is 674. The number of para-hydroxylation sites is 3. The minimum absolute atomic E-state index is 0.0874. The Kier molecular flexibility index (Phi) is 4.49. The number of ether oxygens (including phenoxy) is 2. The standard InChI is InChI=1S/C17H16ClNO3/c18-13-5-1-2-6-14(13)19-17(20)10-9-12-11-21-15-7-3-4-8-16(15)22-12/h1-8,12H,9-11H2,(H,19,20)/t12-/m0/s1. The molecule has 1 amide bonds. The summed E-state index contributed by atoms with van der Waals surface area (Å²) in [5.41, 5.74) is 0.625. The van der Waals surface area contributed by atoms with Gasteiger partial charge in [-0.1, -0.05) is 35.9 Å². The van der Waals surface area contributed by atoms with Gasteiger partial charge in [0.15, 0.2) is 11.5 Å². The first-order valence-electron chi connectivity index (χ1n) is 7.15. The Labute approximate surface area is 134 Å². The van der Waals surface area contributed by atoms with Gasteiger partial charge in [0.25, 0.3) is 0 Å². The first-order chi connectivity index (χ1) is 10.7. The van der Waals surface area contributed by atoms with E-state index in [1.165, 1.54) is 0 Å². The van der Waals surface area contributed by atoms with Crippen molar-refractivity contribution in [1.29, 1.82) is 0 Å². The molecule has 0 bridgehead atoms. The second-order valence-corrected chi connectivity index (χ2v) is 5.47. The fourth-order valence-electron chi connectivity index (χ4n) is 2.27. The highest BCUT2D eigenvalue weighted by molar-refractivity contribution is 6.33. The topological polar surface area (TPSA) is 47.6 Å². The van der Waals surface area contributed by atoms with Gasteiger partial charge < -0.3 is 14.8 Å². The average Bonchev–Trinajstić information content (AvgIpc) is 2.55. The number of nitrogens with one attached hydrogen (secondary N) is 1. The van der Waals surface area contributed by atoms with Crippen LogP contribution in [-0.2, 0) is 4.79 Å². The highest BCUT2D eigenvalue weighted by atomic mass is 35.5. The summed E-state index contributed by atoms with van der Waals surface area (Å²) in [6.07, 6.45) is 0.818. The Morgan fingerprint density at radius 3 is 2.68 bits per heavy atom. The van der Waals surface area contributed by atoms with E-state index in [0.29, 0.717) is 30.2 Å². The van der Waals surface area contributed by atoms with Crippen LogP contribution in [0.25, 0.3) is 0 Å². The number of carbonyl (C=O) groups excluding carboxylic acids is 1. The van der Waals surface area contributed by atoms with Crippen LogP contribution in [-0.4, -0.2) is 18.6 Å². The van der Waals surface area contributed by atoms with Crippen LogP contribution in [0.15, 0.2) is 48.5 Å². The molecule has 2 aromatic carbocycles. The van der Waals surface area contributed by atoms with Crippen molar-refractivity contribution in [3.63, 3.8) is 0 Å². The zero-order chi connectivity index (χ0) is 15.4. The predicted molar refractivity (Wildman–Crippen MR) is 85.7 cm³/mol. The summed E-state index contributed by atoms with van der Waals surface area (Å²) in [6.45, 7) is 0.455. The van der Waals surface area contributed by atoms with E-state index in [4.69, 9.17) is 21.1 Å². The lowest BCUT2D eigenvalue weighted by atomic mass is 10.1. The van der Waals surface area contributed by atoms with E-state index in [0.717, 1.165) is 11.5 Å². The quantitative estimate of drug-likeness (QED) is 0.930. The van der Waals surface area contributed by atoms with Gasteiger partial charge in [-0.2, -0.15) is 0 Å². The van der Waals surface area contributed by atoms with Crippen LogP contribution in [0.4, 0.5) is 5.69 Å². The molecular weight excluding hydrogens is 302 g/mol. The lowest BCUT2D eigenvalue weighted by Crippen LogP contribution is -2.30. The van der Waals surface area contributed by atoms with Crippen LogP contribution in [0.3, 0.4) is 0 Å². The van der Waals surface area contributed by atoms with E-state index in [1.807, 2.05) is 36.4 Å². The zero-order valence-corrected chi connectivity index (χ0v) is 12.7. The maximum Gasteiger partial charge on any atom is 0.224 e. The Morgan fingerprint density at radius 1 is 1.14 bits per heavy atom. The number of amides is 1. The first kappa shape index (κ1) is 14.7. The molecule has 2 aromatic rings. The third-order valence-electron chi connectivity index (χ3n) is 3.41. The van der Waals surface area contributed by atoms with Gasteiger partial charge in [-0.3, -0.25) is 4.79 Å². The van der Waals surface area contributed by atoms with Crippen molar-refractivity contribution in [2.75, 3.05) is 11.9 Å². The summed E-state index contributed by atoms with van der Waals surface area (Å²) in [5, 5.41) is 3.33. The molecule has 4 nitrogen and oxygen atoms in total. The molecule has 1 N–H and O–H groups in total. The Hall–Kier alpha value is -2.20. The number of carbonyl (C=O) groups is 1. The number of anilines is 1. The van der Waals surface area contributed by atoms with Gasteiger partial charge in [0, 0.05) is 6.42 Å². The van der Waals surface area contributed by atoms with Crippen LogP contribution >= 0.6 is 11.6 Å². The lowest BCUT2D eigenvalue weighted by molar-refractivity contribution is -0.116. The van der Waals surface area contributed by atoms with Crippen molar-refractivity contribution in [2.45, 2.75) is 18.9 Å². The van der Waals surface area contributed by atoms with Crippen LogP contribution in [0, 0.1) is 0 Å². The zero-order valence-electron chi connectivity index (χ0n) is 11.9. The van der Waals surface area contributed by atoms with E-state index >= 15 is 0 Å². The average molecular weight is 318 g/mol. The van der Waals surface area contributed by atoms with Gasteiger partial charge in [0.05, 0.1) is 10.7 Å². The smallest absolute Gasteiger partial charge is 0.224 e. The third-order valence-corrected chi connectivity index (χ3v) is 3.74. The van der Waals surface area contributed by atoms with Gasteiger partial charge in [0.2, 0.25) is 5.91 Å². The van der Waals surface area contributed by atoms with Crippen LogP contribution < -0.4 is 14.8 Å². The van der Waals surface area contributed by atoms with Gasteiger partial charge in [-0.05, 0) is 30.7 Å². The second-order valence-electron chi connectivity index (χ2n) is 5.06. The molecule has 3 rings (SSSR count). The van der Waals surface area contributed by atoms with Crippen molar-refractivity contribution < 1.29 is 14.3 Å². The van der Waals surface area contributed by atoms with Crippen LogP contribution in [0.2, 0.25) is 5.02 Å². The fraction of sp³-hybridized carbons (Fsp3) is 0.235. The molecule has 1 aliphatic rings. The summed E-state index contributed by atoms with van der Waals surface area (Å²) in [7, 11) is 0. The minimum atomic E-state index is -0.119. The van der Waals surface area contributed by atoms with E-state index in [9.17, 15) is 4.79 Å². The molecule has 1 atom stereocenters. The largest absolute Gasteiger partial charge is 0.486 e. The molecular formula is C17H16ClNO3. The highest BCUT2D eigenvalue weighted by Gasteiger charge is 2.21. The predicted octanol–water partition coefficient (Wildman–Crippen LogP) is 3.90. The van der Waals surface area contributed by atoms with Gasteiger partial charge >= 0.3 is 0 Å².